The lowest BCUT2D eigenvalue weighted by Gasteiger charge is -2.07. The number of rotatable bonds is 4. The van der Waals surface area contributed by atoms with Crippen LogP contribution in [0.4, 0.5) is 0 Å². The Labute approximate surface area is 93.7 Å². The normalized spacial score (nSPS) is 9.07. The molecule has 0 aliphatic carbocycles. The second kappa shape index (κ2) is 9.53. The van der Waals surface area contributed by atoms with Gasteiger partial charge in [0.15, 0.2) is 0 Å². The molecule has 15 heavy (non-hydrogen) atoms. The number of benzene rings is 1. The highest BCUT2D eigenvalue weighted by Gasteiger charge is 1.98. The lowest BCUT2D eigenvalue weighted by atomic mass is 10.2. The van der Waals surface area contributed by atoms with Crippen molar-refractivity contribution < 1.29 is 4.74 Å². The Hall–Kier alpha value is -1.02. The van der Waals surface area contributed by atoms with Crippen molar-refractivity contribution in [1.29, 1.82) is 0 Å². The maximum absolute atomic E-state index is 5.20. The number of para-hydroxylation sites is 1. The largest absolute Gasteiger partial charge is 0.496 e. The molecule has 0 atom stereocenters. The van der Waals surface area contributed by atoms with Crippen molar-refractivity contribution in [2.75, 3.05) is 13.7 Å². The van der Waals surface area contributed by atoms with Gasteiger partial charge in [-0.2, -0.15) is 0 Å². The van der Waals surface area contributed by atoms with Crippen LogP contribution < -0.4 is 10.1 Å². The number of nitrogens with one attached hydrogen (secondary N) is 1. The molecule has 0 saturated heterocycles. The third-order valence-electron chi connectivity index (χ3n) is 1.76. The molecule has 0 aliphatic heterocycles. The first kappa shape index (κ1) is 14.0. The Kier molecular flexibility index (Phi) is 8.88. The molecule has 0 bridgehead atoms. The van der Waals surface area contributed by atoms with Crippen molar-refractivity contribution in [3.63, 3.8) is 0 Å². The van der Waals surface area contributed by atoms with E-state index in [4.69, 9.17) is 4.74 Å². The van der Waals surface area contributed by atoms with Crippen molar-refractivity contribution >= 4 is 0 Å². The summed E-state index contributed by atoms with van der Waals surface area (Å²) in [5.41, 5.74) is 1.21. The fraction of sp³-hybridized carbons (Fsp3) is 0.538. The molecule has 1 aromatic carbocycles. The summed E-state index contributed by atoms with van der Waals surface area (Å²) in [6.07, 6.45) is 1.25. The van der Waals surface area contributed by atoms with Crippen LogP contribution in [0.3, 0.4) is 0 Å². The number of ether oxygens (including phenoxy) is 1. The minimum atomic E-state index is 0.876. The summed E-state index contributed by atoms with van der Waals surface area (Å²) in [6.45, 7) is 8.20. The molecule has 0 aromatic heterocycles. The van der Waals surface area contributed by atoms with Crippen LogP contribution in [0, 0.1) is 0 Å². The molecule has 0 amide bonds. The first-order valence-corrected chi connectivity index (χ1v) is 5.62. The van der Waals surface area contributed by atoms with Crippen LogP contribution in [0.15, 0.2) is 24.3 Å². The van der Waals surface area contributed by atoms with Crippen LogP contribution in [-0.2, 0) is 6.54 Å². The highest BCUT2D eigenvalue weighted by Crippen LogP contribution is 2.16. The van der Waals surface area contributed by atoms with Gasteiger partial charge in [0.25, 0.3) is 0 Å². The Balaban J connectivity index is 0.000000583. The average molecular weight is 209 g/mol. The monoisotopic (exact) mass is 209 g/mol. The molecule has 0 heterocycles. The third-order valence-corrected chi connectivity index (χ3v) is 1.76. The van der Waals surface area contributed by atoms with Crippen LogP contribution in [-0.4, -0.2) is 13.7 Å². The summed E-state index contributed by atoms with van der Waals surface area (Å²) in [4.78, 5) is 0. The fourth-order valence-corrected chi connectivity index (χ4v) is 1.11. The van der Waals surface area contributed by atoms with E-state index in [0.717, 1.165) is 18.8 Å². The van der Waals surface area contributed by atoms with E-state index in [1.165, 1.54) is 12.0 Å². The van der Waals surface area contributed by atoms with Gasteiger partial charge < -0.3 is 10.1 Å². The summed E-state index contributed by atoms with van der Waals surface area (Å²) >= 11 is 0. The predicted molar refractivity (Wildman–Crippen MR) is 66.3 cm³/mol. The molecule has 1 N–H and O–H groups in total. The van der Waals surface area contributed by atoms with Crippen LogP contribution >= 0.6 is 0 Å². The van der Waals surface area contributed by atoms with Crippen LogP contribution in [0.25, 0.3) is 0 Å². The summed E-state index contributed by atoms with van der Waals surface area (Å²) in [5.74, 6) is 0.957. The van der Waals surface area contributed by atoms with Crippen LogP contribution in [0.1, 0.15) is 32.8 Å². The van der Waals surface area contributed by atoms with Gasteiger partial charge in [0.2, 0.25) is 0 Å². The van der Waals surface area contributed by atoms with E-state index < -0.39 is 0 Å². The van der Waals surface area contributed by atoms with E-state index in [9.17, 15) is 0 Å². The first-order chi connectivity index (χ1) is 7.29. The van der Waals surface area contributed by atoms with Gasteiger partial charge in [-0.15, -0.1) is 0 Å². The lowest BCUT2D eigenvalue weighted by Crippen LogP contribution is -2.12. The lowest BCUT2D eigenvalue weighted by molar-refractivity contribution is 0.408. The zero-order valence-electron chi connectivity index (χ0n) is 10.3. The van der Waals surface area contributed by atoms with E-state index in [1.54, 1.807) is 7.11 Å². The van der Waals surface area contributed by atoms with Crippen molar-refractivity contribution in [2.24, 2.45) is 0 Å². The molecule has 86 valence electrons. The van der Waals surface area contributed by atoms with Gasteiger partial charge in [-0.05, 0) is 12.6 Å². The smallest absolute Gasteiger partial charge is 0.123 e. The zero-order chi connectivity index (χ0) is 11.5. The Morgan fingerprint density at radius 1 is 1.13 bits per heavy atom. The Morgan fingerprint density at radius 3 is 2.27 bits per heavy atom. The summed E-state index contributed by atoms with van der Waals surface area (Å²) < 4.78 is 5.20. The highest BCUT2D eigenvalue weighted by atomic mass is 16.5. The minimum absolute atomic E-state index is 0.876. The molecule has 0 aliphatic rings. The second-order valence-corrected chi connectivity index (χ2v) is 3.30. The van der Waals surface area contributed by atoms with E-state index in [1.807, 2.05) is 18.2 Å². The quantitative estimate of drug-likeness (QED) is 0.822. The van der Waals surface area contributed by atoms with Gasteiger partial charge in [-0.25, -0.2) is 0 Å². The highest BCUT2D eigenvalue weighted by molar-refractivity contribution is 5.32. The molecule has 1 rings (SSSR count). The topological polar surface area (TPSA) is 21.3 Å². The molecule has 1 aromatic rings. The summed E-state index contributed by atoms with van der Waals surface area (Å²) in [7, 11) is 1.70. The molecule has 0 saturated carbocycles. The second-order valence-electron chi connectivity index (χ2n) is 3.30. The van der Waals surface area contributed by atoms with Gasteiger partial charge in [0, 0.05) is 12.1 Å². The van der Waals surface area contributed by atoms with Crippen molar-refractivity contribution in [1.82, 2.24) is 5.32 Å². The van der Waals surface area contributed by atoms with Gasteiger partial charge in [-0.1, -0.05) is 45.4 Å². The van der Waals surface area contributed by atoms with E-state index in [2.05, 4.69) is 32.2 Å². The van der Waals surface area contributed by atoms with Crippen LogP contribution in [0.5, 0.6) is 5.75 Å². The Bertz CT molecular complexity index is 248. The van der Waals surface area contributed by atoms with Gasteiger partial charge in [-0.3, -0.25) is 0 Å². The predicted octanol–water partition coefficient (Wildman–Crippen LogP) is 3.22. The molecular weight excluding hydrogens is 186 g/mol. The summed E-state index contributed by atoms with van der Waals surface area (Å²) in [6, 6.07) is 8.05. The molecule has 0 radical (unpaired) electrons. The average Bonchev–Trinajstić information content (AvgIpc) is 2.28. The third kappa shape index (κ3) is 6.13. The van der Waals surface area contributed by atoms with E-state index in [0.29, 0.717) is 0 Å². The fourth-order valence-electron chi connectivity index (χ4n) is 1.11. The zero-order valence-corrected chi connectivity index (χ0v) is 10.3. The van der Waals surface area contributed by atoms with E-state index >= 15 is 0 Å². The number of hydrogen-bond acceptors (Lipinski definition) is 2. The summed E-state index contributed by atoms with van der Waals surface area (Å²) in [5, 5.41) is 3.26. The molecule has 2 heteroatoms. The molecule has 0 unspecified atom stereocenters. The SMILES string of the molecule is CCC.CCNCc1ccccc1OC. The van der Waals surface area contributed by atoms with Crippen molar-refractivity contribution in [3.8, 4) is 5.75 Å². The van der Waals surface area contributed by atoms with Gasteiger partial charge in [0.05, 0.1) is 7.11 Å². The molecule has 2 nitrogen and oxygen atoms in total. The maximum atomic E-state index is 5.20. The van der Waals surface area contributed by atoms with E-state index in [-0.39, 0.29) is 0 Å². The standard InChI is InChI=1S/C10H15NO.C3H8/c1-3-11-8-9-6-4-5-7-10(9)12-2;1-3-2/h4-7,11H,3,8H2,1-2H3;3H2,1-2H3. The number of hydrogen-bond donors (Lipinski definition) is 1. The minimum Gasteiger partial charge on any atom is -0.496 e. The van der Waals surface area contributed by atoms with Gasteiger partial charge >= 0.3 is 0 Å². The molecular formula is C13H23NO. The molecule has 0 spiro atoms. The van der Waals surface area contributed by atoms with Gasteiger partial charge in [0.1, 0.15) is 5.75 Å². The van der Waals surface area contributed by atoms with Crippen molar-refractivity contribution in [3.05, 3.63) is 29.8 Å². The van der Waals surface area contributed by atoms with Crippen molar-refractivity contribution in [2.45, 2.75) is 33.7 Å². The Morgan fingerprint density at radius 2 is 1.73 bits per heavy atom. The first-order valence-electron chi connectivity index (χ1n) is 5.62. The van der Waals surface area contributed by atoms with Crippen LogP contribution in [0.2, 0.25) is 0 Å². The number of methoxy groups -OCH3 is 1. The molecule has 0 fully saturated rings. The maximum Gasteiger partial charge on any atom is 0.123 e.